The van der Waals surface area contributed by atoms with E-state index in [9.17, 15) is 25.0 Å². The first-order chi connectivity index (χ1) is 11.4. The molecule has 8 nitrogen and oxygen atoms in total. The Hall–Kier alpha value is -3.29. The maximum Gasteiger partial charge on any atom is 0.279 e. The molecule has 0 aliphatic carbocycles. The first-order valence-corrected chi connectivity index (χ1v) is 7.08. The van der Waals surface area contributed by atoms with Crippen molar-refractivity contribution in [2.45, 2.75) is 13.0 Å². The van der Waals surface area contributed by atoms with Crippen molar-refractivity contribution < 1.29 is 14.6 Å². The van der Waals surface area contributed by atoms with E-state index in [2.05, 4.69) is 0 Å². The summed E-state index contributed by atoms with van der Waals surface area (Å²) in [6.07, 6.45) is -0.197. The number of likely N-dealkylation sites (N-methyl/N-ethyl adjacent to an activating group) is 1. The summed E-state index contributed by atoms with van der Waals surface area (Å²) in [7, 11) is 1.60. The van der Waals surface area contributed by atoms with Gasteiger partial charge in [0.1, 0.15) is 0 Å². The molecule has 1 amide bonds. The van der Waals surface area contributed by atoms with Crippen molar-refractivity contribution in [3.63, 3.8) is 0 Å². The molecule has 124 valence electrons. The van der Waals surface area contributed by atoms with Gasteiger partial charge in [-0.2, -0.15) is 0 Å². The molecule has 2 aromatic carbocycles. The number of carbonyl (C=O) groups excluding carboxylic acids is 1. The number of non-ortho nitro benzene ring substituents is 1. The zero-order chi connectivity index (χ0) is 17.7. The van der Waals surface area contributed by atoms with Crippen LogP contribution in [-0.2, 0) is 17.8 Å². The number of rotatable bonds is 6. The lowest BCUT2D eigenvalue weighted by atomic mass is 10.1. The quantitative estimate of drug-likeness (QED) is 0.598. The standard InChI is InChI=1S/C16H15N3O5/c1-17(11-12-5-3-2-4-6-12)16(20)9-13-7-8-14(18(21)22)10-15(13)19(23)24/h2-8,10H,9,11H2,1H3. The Kier molecular flexibility index (Phi) is 5.20. The van der Waals surface area contributed by atoms with Crippen LogP contribution in [0.25, 0.3) is 0 Å². The summed E-state index contributed by atoms with van der Waals surface area (Å²) in [6.45, 7) is 0.375. The molecular formula is C16H15N3O5. The fraction of sp³-hybridized carbons (Fsp3) is 0.188. The zero-order valence-electron chi connectivity index (χ0n) is 12.9. The van der Waals surface area contributed by atoms with E-state index in [0.29, 0.717) is 6.54 Å². The molecule has 0 aromatic heterocycles. The number of hydrogen-bond donors (Lipinski definition) is 0. The first-order valence-electron chi connectivity index (χ1n) is 7.08. The zero-order valence-corrected chi connectivity index (χ0v) is 12.9. The molecule has 0 fully saturated rings. The number of nitrogens with zero attached hydrogens (tertiary/aromatic N) is 3. The molecule has 2 rings (SSSR count). The highest BCUT2D eigenvalue weighted by Crippen LogP contribution is 2.25. The molecule has 0 heterocycles. The van der Waals surface area contributed by atoms with Crippen LogP contribution in [0.3, 0.4) is 0 Å². The lowest BCUT2D eigenvalue weighted by Crippen LogP contribution is -2.27. The molecule has 2 aromatic rings. The summed E-state index contributed by atoms with van der Waals surface area (Å²) >= 11 is 0. The van der Waals surface area contributed by atoms with Gasteiger partial charge in [0.2, 0.25) is 5.91 Å². The number of benzene rings is 2. The third-order valence-corrected chi connectivity index (χ3v) is 3.51. The van der Waals surface area contributed by atoms with E-state index >= 15 is 0 Å². The van der Waals surface area contributed by atoms with E-state index < -0.39 is 15.5 Å². The average molecular weight is 329 g/mol. The molecule has 0 saturated heterocycles. The predicted molar refractivity (Wildman–Crippen MR) is 86.4 cm³/mol. The van der Waals surface area contributed by atoms with Crippen LogP contribution in [0.15, 0.2) is 48.5 Å². The Balaban J connectivity index is 2.16. The van der Waals surface area contributed by atoms with Crippen molar-refractivity contribution in [2.24, 2.45) is 0 Å². The van der Waals surface area contributed by atoms with Crippen molar-refractivity contribution in [3.8, 4) is 0 Å². The van der Waals surface area contributed by atoms with Gasteiger partial charge in [0.25, 0.3) is 11.4 Å². The Morgan fingerprint density at radius 2 is 1.71 bits per heavy atom. The molecule has 24 heavy (non-hydrogen) atoms. The fourth-order valence-corrected chi connectivity index (χ4v) is 2.23. The largest absolute Gasteiger partial charge is 0.341 e. The van der Waals surface area contributed by atoms with Gasteiger partial charge in [-0.15, -0.1) is 0 Å². The monoisotopic (exact) mass is 329 g/mol. The maximum absolute atomic E-state index is 12.3. The Labute approximate surface area is 137 Å². The molecule has 0 unspecified atom stereocenters. The van der Waals surface area contributed by atoms with Gasteiger partial charge in [0.15, 0.2) is 0 Å². The molecule has 0 atom stereocenters. The third-order valence-electron chi connectivity index (χ3n) is 3.51. The second-order valence-corrected chi connectivity index (χ2v) is 5.24. The number of hydrogen-bond acceptors (Lipinski definition) is 5. The lowest BCUT2D eigenvalue weighted by molar-refractivity contribution is -0.394. The third kappa shape index (κ3) is 4.13. The van der Waals surface area contributed by atoms with E-state index in [-0.39, 0.29) is 23.6 Å². The molecule has 0 aliphatic heterocycles. The smallest absolute Gasteiger partial charge is 0.279 e. The van der Waals surface area contributed by atoms with E-state index in [1.807, 2.05) is 30.3 Å². The predicted octanol–water partition coefficient (Wildman–Crippen LogP) is 2.70. The molecular weight excluding hydrogens is 314 g/mol. The van der Waals surface area contributed by atoms with Crippen LogP contribution in [0.5, 0.6) is 0 Å². The number of nitro groups is 2. The lowest BCUT2D eigenvalue weighted by Gasteiger charge is -2.17. The summed E-state index contributed by atoms with van der Waals surface area (Å²) in [4.78, 5) is 34.1. The van der Waals surface area contributed by atoms with Gasteiger partial charge in [-0.05, 0) is 11.6 Å². The Morgan fingerprint density at radius 3 is 2.29 bits per heavy atom. The molecule has 0 saturated carbocycles. The van der Waals surface area contributed by atoms with Crippen LogP contribution in [-0.4, -0.2) is 27.7 Å². The van der Waals surface area contributed by atoms with Crippen molar-refractivity contribution in [1.29, 1.82) is 0 Å². The molecule has 0 bridgehead atoms. The summed E-state index contributed by atoms with van der Waals surface area (Å²) < 4.78 is 0. The molecule has 0 aliphatic rings. The van der Waals surface area contributed by atoms with Gasteiger partial charge in [0.05, 0.1) is 22.3 Å². The SMILES string of the molecule is CN(Cc1ccccc1)C(=O)Cc1ccc([N+](=O)[O-])cc1[N+](=O)[O-]. The van der Waals surface area contributed by atoms with E-state index in [0.717, 1.165) is 17.7 Å². The highest BCUT2D eigenvalue weighted by molar-refractivity contribution is 5.80. The summed E-state index contributed by atoms with van der Waals surface area (Å²) in [5.74, 6) is -0.309. The van der Waals surface area contributed by atoms with Gasteiger partial charge < -0.3 is 4.90 Å². The molecule has 0 N–H and O–H groups in total. The van der Waals surface area contributed by atoms with Gasteiger partial charge >= 0.3 is 0 Å². The van der Waals surface area contributed by atoms with Gasteiger partial charge in [-0.1, -0.05) is 30.3 Å². The van der Waals surface area contributed by atoms with Crippen molar-refractivity contribution in [1.82, 2.24) is 4.90 Å². The maximum atomic E-state index is 12.3. The minimum Gasteiger partial charge on any atom is -0.341 e. The number of amides is 1. The first kappa shape index (κ1) is 17.1. The van der Waals surface area contributed by atoms with Crippen LogP contribution < -0.4 is 0 Å². The van der Waals surface area contributed by atoms with Crippen molar-refractivity contribution in [2.75, 3.05) is 7.05 Å². The van der Waals surface area contributed by atoms with Gasteiger partial charge in [-0.25, -0.2) is 0 Å². The Morgan fingerprint density at radius 1 is 1.04 bits per heavy atom. The van der Waals surface area contributed by atoms with Crippen LogP contribution in [0.2, 0.25) is 0 Å². The topological polar surface area (TPSA) is 107 Å². The highest BCUT2D eigenvalue weighted by atomic mass is 16.6. The minimum absolute atomic E-state index is 0.149. The Bertz CT molecular complexity index is 777. The summed E-state index contributed by atoms with van der Waals surface area (Å²) in [5, 5.41) is 21.8. The number of nitro benzene ring substituents is 2. The van der Waals surface area contributed by atoms with E-state index in [1.165, 1.54) is 11.0 Å². The van der Waals surface area contributed by atoms with Crippen molar-refractivity contribution in [3.05, 3.63) is 79.9 Å². The van der Waals surface area contributed by atoms with Crippen LogP contribution in [0.1, 0.15) is 11.1 Å². The second kappa shape index (κ2) is 7.32. The van der Waals surface area contributed by atoms with Gasteiger partial charge in [-0.3, -0.25) is 25.0 Å². The number of carbonyl (C=O) groups is 1. The second-order valence-electron chi connectivity index (χ2n) is 5.24. The van der Waals surface area contributed by atoms with Gasteiger partial charge in [0, 0.05) is 25.2 Å². The fourth-order valence-electron chi connectivity index (χ4n) is 2.23. The summed E-state index contributed by atoms with van der Waals surface area (Å²) in [6, 6.07) is 12.6. The highest BCUT2D eigenvalue weighted by Gasteiger charge is 2.22. The van der Waals surface area contributed by atoms with Crippen LogP contribution in [0, 0.1) is 20.2 Å². The molecule has 0 radical (unpaired) electrons. The normalized spacial score (nSPS) is 10.2. The van der Waals surface area contributed by atoms with E-state index in [4.69, 9.17) is 0 Å². The van der Waals surface area contributed by atoms with E-state index in [1.54, 1.807) is 7.05 Å². The van der Waals surface area contributed by atoms with Crippen LogP contribution >= 0.6 is 0 Å². The van der Waals surface area contributed by atoms with Crippen molar-refractivity contribution >= 4 is 17.3 Å². The average Bonchev–Trinajstić information content (AvgIpc) is 2.55. The van der Waals surface area contributed by atoms with Crippen LogP contribution in [0.4, 0.5) is 11.4 Å². The minimum atomic E-state index is -0.715. The molecule has 8 heteroatoms. The summed E-state index contributed by atoms with van der Waals surface area (Å²) in [5.41, 5.74) is 0.281. The molecule has 0 spiro atoms.